The van der Waals surface area contributed by atoms with Crippen molar-refractivity contribution in [2.75, 3.05) is 4.90 Å². The zero-order valence-corrected chi connectivity index (χ0v) is 16.2. The van der Waals surface area contributed by atoms with E-state index in [-0.39, 0.29) is 0 Å². The molecule has 0 fully saturated rings. The Kier molecular flexibility index (Phi) is 3.44. The number of benzene rings is 4. The molecular weight excluding hydrogens is 356 g/mol. The second-order valence-corrected chi connectivity index (χ2v) is 7.34. The minimum atomic E-state index is 0.877. The number of nitrogens with zero attached hydrogens (tertiary/aromatic N) is 2. The molecule has 1 aromatic heterocycles. The van der Waals surface area contributed by atoms with Crippen LogP contribution in [-0.4, -0.2) is 4.57 Å². The molecule has 0 bridgehead atoms. The van der Waals surface area contributed by atoms with Gasteiger partial charge in [-0.25, -0.2) is 0 Å². The van der Waals surface area contributed by atoms with Crippen LogP contribution >= 0.6 is 0 Å². The number of ether oxygens (including phenoxy) is 1. The van der Waals surface area contributed by atoms with Gasteiger partial charge in [-0.05, 0) is 55.5 Å². The first kappa shape index (κ1) is 16.3. The molecule has 0 unspecified atom stereocenters. The summed E-state index contributed by atoms with van der Waals surface area (Å²) in [7, 11) is 0. The summed E-state index contributed by atoms with van der Waals surface area (Å²) < 4.78 is 8.55. The molecule has 0 spiro atoms. The van der Waals surface area contributed by atoms with E-state index in [9.17, 15) is 0 Å². The van der Waals surface area contributed by atoms with E-state index >= 15 is 0 Å². The van der Waals surface area contributed by atoms with Crippen LogP contribution in [-0.2, 0) is 6.54 Å². The number of rotatable bonds is 2. The fraction of sp³-hybridized carbons (Fsp3) is 0.0769. The minimum Gasteiger partial charge on any atom is -0.453 e. The second-order valence-electron chi connectivity index (χ2n) is 7.34. The third-order valence-electron chi connectivity index (χ3n) is 5.76. The molecule has 0 atom stereocenters. The van der Waals surface area contributed by atoms with Gasteiger partial charge in [0.2, 0.25) is 0 Å². The summed E-state index contributed by atoms with van der Waals surface area (Å²) in [6, 6.07) is 31.9. The van der Waals surface area contributed by atoms with Gasteiger partial charge in [0.25, 0.3) is 0 Å². The fourth-order valence-electron chi connectivity index (χ4n) is 4.50. The van der Waals surface area contributed by atoms with Crippen molar-refractivity contribution in [1.29, 1.82) is 0 Å². The van der Waals surface area contributed by atoms with Crippen molar-refractivity contribution in [1.82, 2.24) is 4.57 Å². The van der Waals surface area contributed by atoms with Crippen LogP contribution in [0.1, 0.15) is 6.92 Å². The molecule has 140 valence electrons. The Balaban J connectivity index is 1.64. The minimum absolute atomic E-state index is 0.877. The highest BCUT2D eigenvalue weighted by Gasteiger charge is 2.25. The summed E-state index contributed by atoms with van der Waals surface area (Å²) in [5, 5.41) is 2.57. The molecule has 0 saturated heterocycles. The maximum Gasteiger partial charge on any atom is 0.151 e. The Hall–Kier alpha value is -3.72. The van der Waals surface area contributed by atoms with Crippen LogP contribution in [0.5, 0.6) is 11.5 Å². The van der Waals surface area contributed by atoms with Gasteiger partial charge in [-0.15, -0.1) is 0 Å². The number of para-hydroxylation sites is 5. The molecule has 0 aliphatic carbocycles. The van der Waals surface area contributed by atoms with Crippen molar-refractivity contribution >= 4 is 38.9 Å². The largest absolute Gasteiger partial charge is 0.453 e. The van der Waals surface area contributed by atoms with E-state index in [0.717, 1.165) is 35.1 Å². The van der Waals surface area contributed by atoms with Gasteiger partial charge >= 0.3 is 0 Å². The highest BCUT2D eigenvalue weighted by molar-refractivity contribution is 6.09. The number of hydrogen-bond acceptors (Lipinski definition) is 2. The summed E-state index contributed by atoms with van der Waals surface area (Å²) in [6.45, 7) is 3.15. The van der Waals surface area contributed by atoms with Crippen LogP contribution in [0.15, 0.2) is 91.0 Å². The first-order chi connectivity index (χ1) is 14.3. The zero-order valence-electron chi connectivity index (χ0n) is 16.2. The quantitative estimate of drug-likeness (QED) is 0.313. The fourth-order valence-corrected chi connectivity index (χ4v) is 4.50. The average molecular weight is 376 g/mol. The first-order valence-corrected chi connectivity index (χ1v) is 10.0. The highest BCUT2D eigenvalue weighted by Crippen LogP contribution is 2.50. The van der Waals surface area contributed by atoms with Gasteiger partial charge < -0.3 is 14.2 Å². The molecule has 4 aromatic carbocycles. The van der Waals surface area contributed by atoms with E-state index in [1.54, 1.807) is 0 Å². The second kappa shape index (κ2) is 6.14. The third kappa shape index (κ3) is 2.31. The Morgan fingerprint density at radius 2 is 1.28 bits per heavy atom. The van der Waals surface area contributed by atoms with E-state index in [2.05, 4.69) is 83.1 Å². The predicted octanol–water partition coefficient (Wildman–Crippen LogP) is 7.39. The SMILES string of the molecule is CCn1c2ccccc2c2cc(N3c4ccccc4Oc4ccccc43)ccc21. The molecule has 1 aliphatic rings. The van der Waals surface area contributed by atoms with Crippen molar-refractivity contribution in [3.8, 4) is 11.5 Å². The van der Waals surface area contributed by atoms with E-state index in [0.29, 0.717) is 0 Å². The van der Waals surface area contributed by atoms with Gasteiger partial charge in [-0.1, -0.05) is 42.5 Å². The maximum atomic E-state index is 6.16. The number of hydrogen-bond donors (Lipinski definition) is 0. The van der Waals surface area contributed by atoms with Gasteiger partial charge in [0, 0.05) is 34.0 Å². The molecule has 0 N–H and O–H groups in total. The van der Waals surface area contributed by atoms with E-state index in [1.807, 2.05) is 24.3 Å². The average Bonchev–Trinajstić information content (AvgIpc) is 3.10. The number of anilines is 3. The lowest BCUT2D eigenvalue weighted by Gasteiger charge is -2.32. The van der Waals surface area contributed by atoms with E-state index in [4.69, 9.17) is 4.74 Å². The third-order valence-corrected chi connectivity index (χ3v) is 5.76. The molecule has 1 aliphatic heterocycles. The smallest absolute Gasteiger partial charge is 0.151 e. The van der Waals surface area contributed by atoms with Crippen LogP contribution < -0.4 is 9.64 Å². The standard InChI is InChI=1S/C26H20N2O/c1-2-27-21-10-4-3-9-19(21)20-17-18(15-16-22(20)27)28-23-11-5-7-13-25(23)29-26-14-8-6-12-24(26)28/h3-17H,2H2,1H3. The predicted molar refractivity (Wildman–Crippen MR) is 120 cm³/mol. The van der Waals surface area contributed by atoms with Crippen molar-refractivity contribution < 1.29 is 4.74 Å². The molecule has 5 aromatic rings. The van der Waals surface area contributed by atoms with Crippen LogP contribution in [0.4, 0.5) is 17.1 Å². The summed E-state index contributed by atoms with van der Waals surface area (Å²) in [5.41, 5.74) is 5.81. The van der Waals surface area contributed by atoms with E-state index < -0.39 is 0 Å². The monoisotopic (exact) mass is 376 g/mol. The summed E-state index contributed by atoms with van der Waals surface area (Å²) in [6.07, 6.45) is 0. The molecule has 3 nitrogen and oxygen atoms in total. The molecule has 2 heterocycles. The number of fused-ring (bicyclic) bond motifs is 5. The number of aromatic nitrogens is 1. The summed E-state index contributed by atoms with van der Waals surface area (Å²) >= 11 is 0. The van der Waals surface area contributed by atoms with Crippen molar-refractivity contribution in [3.05, 3.63) is 91.0 Å². The van der Waals surface area contributed by atoms with Crippen LogP contribution in [0.2, 0.25) is 0 Å². The zero-order chi connectivity index (χ0) is 19.4. The maximum absolute atomic E-state index is 6.16. The van der Waals surface area contributed by atoms with Gasteiger partial charge in [0.05, 0.1) is 11.4 Å². The molecular formula is C26H20N2O. The Labute approximate surface area is 169 Å². The van der Waals surface area contributed by atoms with Gasteiger partial charge in [-0.3, -0.25) is 0 Å². The molecule has 0 amide bonds. The van der Waals surface area contributed by atoms with E-state index in [1.165, 1.54) is 21.8 Å². The highest BCUT2D eigenvalue weighted by atomic mass is 16.5. The molecule has 0 radical (unpaired) electrons. The van der Waals surface area contributed by atoms with Gasteiger partial charge in [-0.2, -0.15) is 0 Å². The Morgan fingerprint density at radius 3 is 2.00 bits per heavy atom. The van der Waals surface area contributed by atoms with Crippen molar-refractivity contribution in [2.24, 2.45) is 0 Å². The van der Waals surface area contributed by atoms with Crippen LogP contribution in [0.3, 0.4) is 0 Å². The lowest BCUT2D eigenvalue weighted by molar-refractivity contribution is 0.477. The topological polar surface area (TPSA) is 17.4 Å². The first-order valence-electron chi connectivity index (χ1n) is 10.0. The van der Waals surface area contributed by atoms with Crippen molar-refractivity contribution in [3.63, 3.8) is 0 Å². The molecule has 6 rings (SSSR count). The Bertz CT molecular complexity index is 1340. The normalized spacial score (nSPS) is 12.7. The van der Waals surface area contributed by atoms with Crippen LogP contribution in [0, 0.1) is 0 Å². The Morgan fingerprint density at radius 1 is 0.655 bits per heavy atom. The lowest BCUT2D eigenvalue weighted by atomic mass is 10.1. The van der Waals surface area contributed by atoms with Crippen LogP contribution in [0.25, 0.3) is 21.8 Å². The molecule has 3 heteroatoms. The summed E-state index contributed by atoms with van der Waals surface area (Å²) in [5.74, 6) is 1.75. The van der Waals surface area contributed by atoms with Crippen molar-refractivity contribution in [2.45, 2.75) is 13.5 Å². The summed E-state index contributed by atoms with van der Waals surface area (Å²) in [4.78, 5) is 2.30. The lowest BCUT2D eigenvalue weighted by Crippen LogP contribution is -2.15. The van der Waals surface area contributed by atoms with Gasteiger partial charge in [0.15, 0.2) is 11.5 Å². The van der Waals surface area contributed by atoms with Gasteiger partial charge in [0.1, 0.15) is 0 Å². The molecule has 29 heavy (non-hydrogen) atoms. The molecule has 0 saturated carbocycles. The number of aryl methyl sites for hydroxylation is 1.